The average Bonchev–Trinajstić information content (AvgIpc) is 2.15. The van der Waals surface area contributed by atoms with Crippen LogP contribution in [0.3, 0.4) is 0 Å². The predicted molar refractivity (Wildman–Crippen MR) is 68.7 cm³/mol. The second kappa shape index (κ2) is 5.49. The molecule has 0 atom stereocenters. The lowest BCUT2D eigenvalue weighted by Gasteiger charge is -2.19. The highest BCUT2D eigenvalue weighted by molar-refractivity contribution is 7.88. The molecule has 0 bridgehead atoms. The number of nitrogens with one attached hydrogen (secondary N) is 1. The second-order valence-corrected chi connectivity index (χ2v) is 6.44. The van der Waals surface area contributed by atoms with Gasteiger partial charge < -0.3 is 4.74 Å². The SMILES string of the molecule is CC(C)(C)OC(=O)Nc1cnc(CS(N)(=O)=O)nc1. The number of amides is 1. The first-order valence-corrected chi connectivity index (χ1v) is 7.08. The lowest BCUT2D eigenvalue weighted by Crippen LogP contribution is -2.27. The Morgan fingerprint density at radius 3 is 2.32 bits per heavy atom. The van der Waals surface area contributed by atoms with Crippen molar-refractivity contribution in [1.82, 2.24) is 9.97 Å². The highest BCUT2D eigenvalue weighted by Gasteiger charge is 2.16. The van der Waals surface area contributed by atoms with Crippen LogP contribution in [-0.4, -0.2) is 30.1 Å². The molecule has 0 aliphatic heterocycles. The molecule has 0 aliphatic rings. The van der Waals surface area contributed by atoms with Gasteiger partial charge >= 0.3 is 6.09 Å². The van der Waals surface area contributed by atoms with Crippen molar-refractivity contribution in [2.45, 2.75) is 32.1 Å². The van der Waals surface area contributed by atoms with E-state index in [2.05, 4.69) is 15.3 Å². The van der Waals surface area contributed by atoms with Gasteiger partial charge in [0.25, 0.3) is 0 Å². The number of carbonyl (C=O) groups excluding carboxylic acids is 1. The number of aromatic nitrogens is 2. The third-order valence-electron chi connectivity index (χ3n) is 1.68. The molecule has 0 aliphatic carbocycles. The maximum Gasteiger partial charge on any atom is 0.412 e. The van der Waals surface area contributed by atoms with Gasteiger partial charge in [0.15, 0.2) is 0 Å². The topological polar surface area (TPSA) is 124 Å². The van der Waals surface area contributed by atoms with Gasteiger partial charge in [0, 0.05) is 0 Å². The van der Waals surface area contributed by atoms with E-state index in [1.54, 1.807) is 20.8 Å². The zero-order valence-corrected chi connectivity index (χ0v) is 11.7. The molecule has 9 heteroatoms. The zero-order valence-electron chi connectivity index (χ0n) is 10.9. The fraction of sp³-hybridized carbons (Fsp3) is 0.500. The summed E-state index contributed by atoms with van der Waals surface area (Å²) in [5.41, 5.74) is -0.314. The summed E-state index contributed by atoms with van der Waals surface area (Å²) in [6, 6.07) is 0. The number of nitrogens with zero attached hydrogens (tertiary/aromatic N) is 2. The van der Waals surface area contributed by atoms with Gasteiger partial charge in [-0.25, -0.2) is 28.3 Å². The van der Waals surface area contributed by atoms with Crippen LogP contribution in [0.1, 0.15) is 26.6 Å². The monoisotopic (exact) mass is 288 g/mol. The van der Waals surface area contributed by atoms with E-state index < -0.39 is 27.5 Å². The summed E-state index contributed by atoms with van der Waals surface area (Å²) < 4.78 is 26.7. The zero-order chi connectivity index (χ0) is 14.7. The smallest absolute Gasteiger partial charge is 0.412 e. The van der Waals surface area contributed by atoms with Crippen LogP contribution in [0.25, 0.3) is 0 Å². The summed E-state index contributed by atoms with van der Waals surface area (Å²) in [7, 11) is -3.67. The number of ether oxygens (including phenoxy) is 1. The number of carbonyl (C=O) groups is 1. The van der Waals surface area contributed by atoms with E-state index in [9.17, 15) is 13.2 Å². The molecule has 1 heterocycles. The first kappa shape index (κ1) is 15.3. The molecule has 0 saturated heterocycles. The molecule has 19 heavy (non-hydrogen) atoms. The number of anilines is 1. The fourth-order valence-corrected chi connectivity index (χ4v) is 1.60. The summed E-state index contributed by atoms with van der Waals surface area (Å²) in [6.07, 6.45) is 1.91. The van der Waals surface area contributed by atoms with Crippen molar-refractivity contribution in [2.24, 2.45) is 5.14 Å². The predicted octanol–water partition coefficient (Wildman–Crippen LogP) is 0.612. The fourth-order valence-electron chi connectivity index (χ4n) is 1.10. The van der Waals surface area contributed by atoms with Crippen molar-refractivity contribution in [3.63, 3.8) is 0 Å². The molecule has 0 spiro atoms. The molecule has 106 valence electrons. The van der Waals surface area contributed by atoms with Gasteiger partial charge in [-0.2, -0.15) is 0 Å². The molecule has 1 rings (SSSR count). The Bertz CT molecular complexity index is 548. The minimum absolute atomic E-state index is 0.0530. The maximum absolute atomic E-state index is 11.4. The molecular weight excluding hydrogens is 272 g/mol. The highest BCUT2D eigenvalue weighted by Crippen LogP contribution is 2.10. The summed E-state index contributed by atoms with van der Waals surface area (Å²) >= 11 is 0. The van der Waals surface area contributed by atoms with E-state index in [4.69, 9.17) is 9.88 Å². The average molecular weight is 288 g/mol. The molecule has 1 aromatic heterocycles. The molecule has 3 N–H and O–H groups in total. The molecule has 0 saturated carbocycles. The van der Waals surface area contributed by atoms with Crippen molar-refractivity contribution < 1.29 is 17.9 Å². The number of hydrogen-bond donors (Lipinski definition) is 2. The molecule has 0 unspecified atom stereocenters. The van der Waals surface area contributed by atoms with E-state index in [1.807, 2.05) is 0 Å². The van der Waals surface area contributed by atoms with Crippen LogP contribution in [0.4, 0.5) is 10.5 Å². The lowest BCUT2D eigenvalue weighted by molar-refractivity contribution is 0.0636. The van der Waals surface area contributed by atoms with Gasteiger partial charge in [0.1, 0.15) is 17.2 Å². The number of sulfonamides is 1. The Morgan fingerprint density at radius 2 is 1.89 bits per heavy atom. The van der Waals surface area contributed by atoms with Crippen LogP contribution in [0.5, 0.6) is 0 Å². The minimum atomic E-state index is -3.67. The van der Waals surface area contributed by atoms with Crippen LogP contribution < -0.4 is 10.5 Å². The van der Waals surface area contributed by atoms with Crippen molar-refractivity contribution in [2.75, 3.05) is 5.32 Å². The Morgan fingerprint density at radius 1 is 1.37 bits per heavy atom. The van der Waals surface area contributed by atoms with Crippen LogP contribution >= 0.6 is 0 Å². The second-order valence-electron chi connectivity index (χ2n) is 4.82. The number of nitrogens with two attached hydrogens (primary N) is 1. The normalized spacial score (nSPS) is 12.0. The van der Waals surface area contributed by atoms with Gasteiger partial charge in [-0.1, -0.05) is 0 Å². The summed E-state index contributed by atoms with van der Waals surface area (Å²) in [5.74, 6) is -0.406. The van der Waals surface area contributed by atoms with Crippen molar-refractivity contribution in [1.29, 1.82) is 0 Å². The summed E-state index contributed by atoms with van der Waals surface area (Å²) in [5, 5.41) is 7.28. The molecule has 1 amide bonds. The molecular formula is C10H16N4O4S. The first-order valence-electron chi connectivity index (χ1n) is 5.36. The van der Waals surface area contributed by atoms with E-state index in [0.717, 1.165) is 0 Å². The van der Waals surface area contributed by atoms with Crippen LogP contribution in [0.15, 0.2) is 12.4 Å². The van der Waals surface area contributed by atoms with Gasteiger partial charge in [-0.3, -0.25) is 5.32 Å². The highest BCUT2D eigenvalue weighted by atomic mass is 32.2. The van der Waals surface area contributed by atoms with Crippen molar-refractivity contribution in [3.8, 4) is 0 Å². The quantitative estimate of drug-likeness (QED) is 0.839. The molecule has 0 aromatic carbocycles. The van der Waals surface area contributed by atoms with E-state index in [1.165, 1.54) is 12.4 Å². The van der Waals surface area contributed by atoms with Crippen LogP contribution in [0, 0.1) is 0 Å². The van der Waals surface area contributed by atoms with Crippen molar-refractivity contribution in [3.05, 3.63) is 18.2 Å². The van der Waals surface area contributed by atoms with Gasteiger partial charge in [-0.05, 0) is 20.8 Å². The van der Waals surface area contributed by atoms with E-state index >= 15 is 0 Å². The summed E-state index contributed by atoms with van der Waals surface area (Å²) in [6.45, 7) is 5.20. The summed E-state index contributed by atoms with van der Waals surface area (Å²) in [4.78, 5) is 19.0. The van der Waals surface area contributed by atoms with Gasteiger partial charge in [-0.15, -0.1) is 0 Å². The number of primary sulfonamides is 1. The molecule has 0 radical (unpaired) electrons. The maximum atomic E-state index is 11.4. The van der Waals surface area contributed by atoms with Gasteiger partial charge in [0.05, 0.1) is 18.1 Å². The van der Waals surface area contributed by atoms with Crippen molar-refractivity contribution >= 4 is 21.8 Å². The Balaban J connectivity index is 2.65. The standard InChI is InChI=1S/C10H16N4O4S/c1-10(2,3)18-9(15)14-7-4-12-8(13-5-7)6-19(11,16)17/h4-5H,6H2,1-3H3,(H,14,15)(H2,11,16,17). The van der Waals surface area contributed by atoms with E-state index in [-0.39, 0.29) is 5.82 Å². The third-order valence-corrected chi connectivity index (χ3v) is 2.34. The Hall–Kier alpha value is -1.74. The molecule has 0 fully saturated rings. The Labute approximate surface area is 111 Å². The largest absolute Gasteiger partial charge is 0.444 e. The lowest BCUT2D eigenvalue weighted by atomic mass is 10.2. The van der Waals surface area contributed by atoms with E-state index in [0.29, 0.717) is 5.69 Å². The van der Waals surface area contributed by atoms with Crippen LogP contribution in [0.2, 0.25) is 0 Å². The molecule has 8 nitrogen and oxygen atoms in total. The third kappa shape index (κ3) is 6.67. The Kier molecular flexibility index (Phi) is 4.43. The van der Waals surface area contributed by atoms with Gasteiger partial charge in [0.2, 0.25) is 10.0 Å². The minimum Gasteiger partial charge on any atom is -0.444 e. The number of hydrogen-bond acceptors (Lipinski definition) is 6. The molecule has 1 aromatic rings. The van der Waals surface area contributed by atoms with Crippen LogP contribution in [-0.2, 0) is 20.5 Å². The first-order chi connectivity index (χ1) is 8.55. The number of rotatable bonds is 3.